The molecule has 0 aliphatic heterocycles. The van der Waals surface area contributed by atoms with E-state index in [-0.39, 0.29) is 11.8 Å². The fraction of sp³-hybridized carbons (Fsp3) is 0.278. The summed E-state index contributed by atoms with van der Waals surface area (Å²) in [5.41, 5.74) is 8.63. The van der Waals surface area contributed by atoms with Crippen molar-refractivity contribution in [2.24, 2.45) is 5.73 Å². The number of nitrogens with zero attached hydrogens (tertiary/aromatic N) is 1. The summed E-state index contributed by atoms with van der Waals surface area (Å²) in [5, 5.41) is 0. The van der Waals surface area contributed by atoms with Crippen LogP contribution in [0.1, 0.15) is 30.4 Å². The van der Waals surface area contributed by atoms with Gasteiger partial charge in [-0.15, -0.1) is 0 Å². The van der Waals surface area contributed by atoms with Crippen molar-refractivity contribution in [3.8, 4) is 0 Å². The van der Waals surface area contributed by atoms with Crippen LogP contribution in [0.4, 0.5) is 5.69 Å². The van der Waals surface area contributed by atoms with Gasteiger partial charge in [0.05, 0.1) is 5.92 Å². The maximum absolute atomic E-state index is 12.7. The van der Waals surface area contributed by atoms with Gasteiger partial charge in [0.15, 0.2) is 0 Å². The first-order chi connectivity index (χ1) is 10.2. The van der Waals surface area contributed by atoms with E-state index in [2.05, 4.69) is 0 Å². The summed E-state index contributed by atoms with van der Waals surface area (Å²) in [5.74, 6) is 0.00887. The van der Waals surface area contributed by atoms with Gasteiger partial charge >= 0.3 is 0 Å². The first-order valence-corrected chi connectivity index (χ1v) is 7.29. The number of carbonyl (C=O) groups is 1. The molecule has 3 heteroatoms. The van der Waals surface area contributed by atoms with Gasteiger partial charge in [-0.1, -0.05) is 49.4 Å². The van der Waals surface area contributed by atoms with Crippen LogP contribution in [0.3, 0.4) is 0 Å². The second kappa shape index (κ2) is 7.04. The fourth-order valence-electron chi connectivity index (χ4n) is 2.45. The van der Waals surface area contributed by atoms with Gasteiger partial charge < -0.3 is 10.6 Å². The maximum Gasteiger partial charge on any atom is 0.234 e. The Morgan fingerprint density at radius 3 is 2.24 bits per heavy atom. The van der Waals surface area contributed by atoms with Crippen LogP contribution in [0.25, 0.3) is 0 Å². The Morgan fingerprint density at radius 1 is 1.10 bits per heavy atom. The van der Waals surface area contributed by atoms with E-state index in [9.17, 15) is 4.79 Å². The third-order valence-corrected chi connectivity index (χ3v) is 3.80. The van der Waals surface area contributed by atoms with Crippen LogP contribution in [0, 0.1) is 0 Å². The lowest BCUT2D eigenvalue weighted by molar-refractivity contribution is -0.119. The number of hydrogen-bond donors (Lipinski definition) is 1. The standard InChI is InChI=1S/C18H22N2O/c1-3-17(15-7-5-4-6-8-15)18(21)20(2)16-11-9-14(13-19)10-12-16/h4-12,17H,3,13,19H2,1-2H3. The molecule has 0 aliphatic carbocycles. The summed E-state index contributed by atoms with van der Waals surface area (Å²) in [6.07, 6.45) is 0.786. The lowest BCUT2D eigenvalue weighted by Gasteiger charge is -2.23. The number of likely N-dealkylation sites (N-methyl/N-ethyl adjacent to an activating group) is 1. The molecule has 2 aromatic rings. The summed E-state index contributed by atoms with van der Waals surface area (Å²) in [4.78, 5) is 14.5. The summed E-state index contributed by atoms with van der Waals surface area (Å²) in [6.45, 7) is 2.56. The number of carbonyl (C=O) groups excluding carboxylic acids is 1. The molecule has 2 rings (SSSR count). The monoisotopic (exact) mass is 282 g/mol. The van der Waals surface area contributed by atoms with Crippen molar-refractivity contribution in [2.45, 2.75) is 25.8 Å². The Morgan fingerprint density at radius 2 is 1.71 bits per heavy atom. The van der Waals surface area contributed by atoms with Crippen molar-refractivity contribution in [2.75, 3.05) is 11.9 Å². The minimum Gasteiger partial charge on any atom is -0.326 e. The largest absolute Gasteiger partial charge is 0.326 e. The number of amides is 1. The average molecular weight is 282 g/mol. The Hall–Kier alpha value is -2.13. The lowest BCUT2D eigenvalue weighted by Crippen LogP contribution is -2.31. The second-order valence-electron chi connectivity index (χ2n) is 5.14. The molecule has 1 amide bonds. The van der Waals surface area contributed by atoms with E-state index in [1.807, 2.05) is 68.6 Å². The highest BCUT2D eigenvalue weighted by Crippen LogP contribution is 2.24. The Kier molecular flexibility index (Phi) is 5.12. The van der Waals surface area contributed by atoms with Gasteiger partial charge in [0.2, 0.25) is 5.91 Å². The van der Waals surface area contributed by atoms with Crippen molar-refractivity contribution in [3.63, 3.8) is 0 Å². The molecule has 0 saturated heterocycles. The smallest absolute Gasteiger partial charge is 0.234 e. The molecular formula is C18H22N2O. The highest BCUT2D eigenvalue weighted by Gasteiger charge is 2.22. The van der Waals surface area contributed by atoms with Gasteiger partial charge in [0, 0.05) is 19.3 Å². The van der Waals surface area contributed by atoms with Crippen molar-refractivity contribution >= 4 is 11.6 Å². The van der Waals surface area contributed by atoms with Crippen molar-refractivity contribution in [3.05, 3.63) is 65.7 Å². The van der Waals surface area contributed by atoms with Gasteiger partial charge in [-0.05, 0) is 29.7 Å². The molecule has 21 heavy (non-hydrogen) atoms. The quantitative estimate of drug-likeness (QED) is 0.914. The molecule has 1 atom stereocenters. The molecule has 0 fully saturated rings. The molecule has 0 saturated carbocycles. The van der Waals surface area contributed by atoms with Crippen LogP contribution < -0.4 is 10.6 Å². The summed E-state index contributed by atoms with van der Waals surface area (Å²) >= 11 is 0. The zero-order valence-corrected chi connectivity index (χ0v) is 12.6. The molecule has 110 valence electrons. The van der Waals surface area contributed by atoms with E-state index in [0.717, 1.165) is 23.2 Å². The second-order valence-corrected chi connectivity index (χ2v) is 5.14. The molecule has 0 heterocycles. The third kappa shape index (κ3) is 3.50. The maximum atomic E-state index is 12.7. The van der Waals surface area contributed by atoms with Crippen LogP contribution in [0.5, 0.6) is 0 Å². The molecule has 0 aromatic heterocycles. The minimum atomic E-state index is -0.106. The fourth-order valence-corrected chi connectivity index (χ4v) is 2.45. The zero-order chi connectivity index (χ0) is 15.2. The van der Waals surface area contributed by atoms with E-state index >= 15 is 0 Å². The molecule has 2 N–H and O–H groups in total. The molecule has 0 spiro atoms. The first-order valence-electron chi connectivity index (χ1n) is 7.29. The average Bonchev–Trinajstić information content (AvgIpc) is 2.56. The molecule has 2 aromatic carbocycles. The Balaban J connectivity index is 2.20. The van der Waals surface area contributed by atoms with Gasteiger partial charge in [0.25, 0.3) is 0 Å². The molecule has 0 bridgehead atoms. The Labute approximate surface area is 126 Å². The predicted molar refractivity (Wildman–Crippen MR) is 87.2 cm³/mol. The number of hydrogen-bond acceptors (Lipinski definition) is 2. The van der Waals surface area contributed by atoms with E-state index < -0.39 is 0 Å². The van der Waals surface area contributed by atoms with Gasteiger partial charge in [-0.3, -0.25) is 4.79 Å². The third-order valence-electron chi connectivity index (χ3n) is 3.80. The van der Waals surface area contributed by atoms with Crippen molar-refractivity contribution < 1.29 is 4.79 Å². The van der Waals surface area contributed by atoms with Gasteiger partial charge in [-0.25, -0.2) is 0 Å². The highest BCUT2D eigenvalue weighted by molar-refractivity contribution is 5.97. The van der Waals surface area contributed by atoms with Crippen LogP contribution >= 0.6 is 0 Å². The minimum absolute atomic E-state index is 0.106. The number of anilines is 1. The molecule has 1 unspecified atom stereocenters. The number of rotatable bonds is 5. The van der Waals surface area contributed by atoms with Crippen LogP contribution in [0.15, 0.2) is 54.6 Å². The number of benzene rings is 2. The lowest BCUT2D eigenvalue weighted by atomic mass is 9.95. The van der Waals surface area contributed by atoms with E-state index in [1.54, 1.807) is 4.90 Å². The zero-order valence-electron chi connectivity index (χ0n) is 12.6. The van der Waals surface area contributed by atoms with Crippen LogP contribution in [-0.4, -0.2) is 13.0 Å². The Bertz CT molecular complexity index is 578. The summed E-state index contributed by atoms with van der Waals surface area (Å²) < 4.78 is 0. The molecule has 0 aliphatic rings. The normalized spacial score (nSPS) is 12.0. The van der Waals surface area contributed by atoms with Crippen molar-refractivity contribution in [1.82, 2.24) is 0 Å². The topological polar surface area (TPSA) is 46.3 Å². The molecule has 3 nitrogen and oxygen atoms in total. The van der Waals surface area contributed by atoms with Crippen LogP contribution in [0.2, 0.25) is 0 Å². The summed E-state index contributed by atoms with van der Waals surface area (Å²) in [7, 11) is 1.82. The van der Waals surface area contributed by atoms with E-state index in [4.69, 9.17) is 5.73 Å². The van der Waals surface area contributed by atoms with Gasteiger partial charge in [0.1, 0.15) is 0 Å². The summed E-state index contributed by atoms with van der Waals surface area (Å²) in [6, 6.07) is 17.7. The molecule has 0 radical (unpaired) electrons. The van der Waals surface area contributed by atoms with E-state index in [1.165, 1.54) is 0 Å². The van der Waals surface area contributed by atoms with Crippen molar-refractivity contribution in [1.29, 1.82) is 0 Å². The van der Waals surface area contributed by atoms with E-state index in [0.29, 0.717) is 6.54 Å². The number of nitrogens with two attached hydrogens (primary N) is 1. The highest BCUT2D eigenvalue weighted by atomic mass is 16.2. The van der Waals surface area contributed by atoms with Gasteiger partial charge in [-0.2, -0.15) is 0 Å². The van der Waals surface area contributed by atoms with Crippen LogP contribution in [-0.2, 0) is 11.3 Å². The SMILES string of the molecule is CCC(C(=O)N(C)c1ccc(CN)cc1)c1ccccc1. The first kappa shape index (κ1) is 15.3. The molecular weight excluding hydrogens is 260 g/mol. The predicted octanol–water partition coefficient (Wildman–Crippen LogP) is 3.30.